The van der Waals surface area contributed by atoms with E-state index in [1.165, 1.54) is 0 Å². The van der Waals surface area contributed by atoms with Crippen molar-refractivity contribution in [3.8, 4) is 0 Å². The maximum atomic E-state index is 12.0. The van der Waals surface area contributed by atoms with Gasteiger partial charge in [0.25, 0.3) is 0 Å². The van der Waals surface area contributed by atoms with Gasteiger partial charge in [-0.1, -0.05) is 18.2 Å². The molecule has 5 nitrogen and oxygen atoms in total. The Balaban J connectivity index is 1.84. The molecular formula is C14H16N2O3S. The third-order valence-corrected chi connectivity index (χ3v) is 4.52. The Morgan fingerprint density at radius 2 is 2.20 bits per heavy atom. The van der Waals surface area contributed by atoms with E-state index in [2.05, 4.69) is 17.9 Å². The van der Waals surface area contributed by atoms with Crippen LogP contribution in [0.3, 0.4) is 0 Å². The van der Waals surface area contributed by atoms with Crippen LogP contribution in [0.5, 0.6) is 0 Å². The number of nitrogens with one attached hydrogen (secondary N) is 1. The monoisotopic (exact) mass is 292 g/mol. The summed E-state index contributed by atoms with van der Waals surface area (Å²) in [5.74, 6) is -0.447. The first-order chi connectivity index (χ1) is 9.60. The maximum absolute atomic E-state index is 12.0. The van der Waals surface area contributed by atoms with Crippen molar-refractivity contribution in [1.82, 2.24) is 10.2 Å². The molecule has 3 rings (SSSR count). The second kappa shape index (κ2) is 5.20. The zero-order valence-corrected chi connectivity index (χ0v) is 11.8. The van der Waals surface area contributed by atoms with Crippen LogP contribution in [0.4, 0.5) is 0 Å². The summed E-state index contributed by atoms with van der Waals surface area (Å²) in [4.78, 5) is 25.2. The molecule has 2 aliphatic heterocycles. The minimum Gasteiger partial charge on any atom is -0.392 e. The fraction of sp³-hybridized carbons (Fsp3) is 0.429. The van der Waals surface area contributed by atoms with Gasteiger partial charge in [0.1, 0.15) is 0 Å². The highest BCUT2D eigenvalue weighted by Gasteiger charge is 2.38. The third-order valence-electron chi connectivity index (χ3n) is 3.95. The van der Waals surface area contributed by atoms with Crippen molar-refractivity contribution in [1.29, 1.82) is 0 Å². The van der Waals surface area contributed by atoms with Crippen molar-refractivity contribution in [2.24, 2.45) is 0 Å². The molecular weight excluding hydrogens is 276 g/mol. The molecule has 1 aromatic carbocycles. The molecule has 2 atom stereocenters. The van der Waals surface area contributed by atoms with Crippen molar-refractivity contribution in [3.05, 3.63) is 34.9 Å². The molecule has 1 fully saturated rings. The van der Waals surface area contributed by atoms with Crippen LogP contribution in [0, 0.1) is 0 Å². The molecule has 20 heavy (non-hydrogen) atoms. The van der Waals surface area contributed by atoms with Gasteiger partial charge in [-0.05, 0) is 23.1 Å². The lowest BCUT2D eigenvalue weighted by Crippen LogP contribution is -2.51. The van der Waals surface area contributed by atoms with Crippen LogP contribution in [-0.2, 0) is 22.7 Å². The van der Waals surface area contributed by atoms with E-state index in [-0.39, 0.29) is 29.8 Å². The van der Waals surface area contributed by atoms with E-state index in [9.17, 15) is 14.7 Å². The topological polar surface area (TPSA) is 69.6 Å². The Hall–Kier alpha value is -1.37. The summed E-state index contributed by atoms with van der Waals surface area (Å²) in [5.41, 5.74) is 2.99. The van der Waals surface area contributed by atoms with Crippen LogP contribution in [0.25, 0.3) is 0 Å². The van der Waals surface area contributed by atoms with Crippen LogP contribution in [0.2, 0.25) is 0 Å². The molecule has 2 amide bonds. The van der Waals surface area contributed by atoms with Gasteiger partial charge in [0, 0.05) is 13.0 Å². The maximum Gasteiger partial charge on any atom is 0.243 e. The van der Waals surface area contributed by atoms with Crippen LogP contribution in [0.15, 0.2) is 18.2 Å². The average Bonchev–Trinajstić information content (AvgIpc) is 2.76. The average molecular weight is 292 g/mol. The Bertz CT molecular complexity index is 576. The van der Waals surface area contributed by atoms with Crippen LogP contribution < -0.4 is 5.32 Å². The zero-order chi connectivity index (χ0) is 14.3. The number of thiol groups is 1. The van der Waals surface area contributed by atoms with Crippen molar-refractivity contribution in [2.45, 2.75) is 37.4 Å². The Kier molecular flexibility index (Phi) is 3.54. The van der Waals surface area contributed by atoms with Crippen molar-refractivity contribution >= 4 is 24.4 Å². The predicted octanol–water partition coefficient (Wildman–Crippen LogP) is 0.728. The van der Waals surface area contributed by atoms with Crippen molar-refractivity contribution in [2.75, 3.05) is 0 Å². The number of benzene rings is 1. The number of hydrogen-bond donors (Lipinski definition) is 3. The lowest BCUT2D eigenvalue weighted by Gasteiger charge is -2.32. The van der Waals surface area contributed by atoms with Crippen LogP contribution in [0.1, 0.15) is 34.9 Å². The largest absolute Gasteiger partial charge is 0.392 e. The zero-order valence-electron chi connectivity index (χ0n) is 10.9. The SMILES string of the molecule is O=C1CCC(N2Cc3ccc(CO)cc3C2S)C(=O)N1. The summed E-state index contributed by atoms with van der Waals surface area (Å²) in [7, 11) is 0. The molecule has 1 aromatic rings. The molecule has 2 unspecified atom stereocenters. The fourth-order valence-electron chi connectivity index (χ4n) is 2.87. The summed E-state index contributed by atoms with van der Waals surface area (Å²) in [6.07, 6.45) is 0.897. The van der Waals surface area contributed by atoms with Gasteiger partial charge in [0.15, 0.2) is 0 Å². The smallest absolute Gasteiger partial charge is 0.243 e. The molecule has 0 spiro atoms. The Morgan fingerprint density at radius 1 is 1.40 bits per heavy atom. The van der Waals surface area contributed by atoms with Crippen LogP contribution in [-0.4, -0.2) is 27.9 Å². The molecule has 0 radical (unpaired) electrons. The number of carbonyl (C=O) groups excluding carboxylic acids is 2. The quantitative estimate of drug-likeness (QED) is 0.555. The number of hydrogen-bond acceptors (Lipinski definition) is 5. The first kappa shape index (κ1) is 13.6. The van der Waals surface area contributed by atoms with Gasteiger partial charge in [-0.3, -0.25) is 19.8 Å². The number of imide groups is 1. The van der Waals surface area contributed by atoms with Crippen LogP contribution >= 0.6 is 12.6 Å². The molecule has 106 valence electrons. The first-order valence-electron chi connectivity index (χ1n) is 6.60. The van der Waals surface area contributed by atoms with Gasteiger partial charge >= 0.3 is 0 Å². The minimum absolute atomic E-state index is 0.00774. The minimum atomic E-state index is -0.319. The van der Waals surface area contributed by atoms with Gasteiger partial charge in [-0.2, -0.15) is 12.6 Å². The van der Waals surface area contributed by atoms with E-state index in [1.54, 1.807) is 0 Å². The molecule has 1 saturated heterocycles. The number of rotatable bonds is 2. The normalized spacial score (nSPS) is 26.5. The highest BCUT2D eigenvalue weighted by Crippen LogP contribution is 2.39. The third kappa shape index (κ3) is 2.24. The molecule has 0 aliphatic carbocycles. The Morgan fingerprint density at radius 3 is 2.90 bits per heavy atom. The van der Waals surface area contributed by atoms with E-state index in [0.717, 1.165) is 16.7 Å². The van der Waals surface area contributed by atoms with Gasteiger partial charge in [0.05, 0.1) is 18.0 Å². The molecule has 2 heterocycles. The Labute approximate surface area is 122 Å². The van der Waals surface area contributed by atoms with Crippen molar-refractivity contribution < 1.29 is 14.7 Å². The van der Waals surface area contributed by atoms with E-state index in [1.807, 2.05) is 23.1 Å². The van der Waals surface area contributed by atoms with Crippen molar-refractivity contribution in [3.63, 3.8) is 0 Å². The first-order valence-corrected chi connectivity index (χ1v) is 7.12. The molecule has 0 saturated carbocycles. The number of fused-ring (bicyclic) bond motifs is 1. The van der Waals surface area contributed by atoms with E-state index >= 15 is 0 Å². The van der Waals surface area contributed by atoms with Gasteiger partial charge in [-0.25, -0.2) is 0 Å². The number of aliphatic hydroxyl groups is 1. The van der Waals surface area contributed by atoms with E-state index in [0.29, 0.717) is 19.4 Å². The molecule has 2 N–H and O–H groups in total. The van der Waals surface area contributed by atoms with E-state index in [4.69, 9.17) is 0 Å². The number of piperidine rings is 1. The lowest BCUT2D eigenvalue weighted by molar-refractivity contribution is -0.137. The van der Waals surface area contributed by atoms with Gasteiger partial charge < -0.3 is 5.11 Å². The number of nitrogens with zero attached hydrogens (tertiary/aromatic N) is 1. The summed E-state index contributed by atoms with van der Waals surface area (Å²) < 4.78 is 0. The summed E-state index contributed by atoms with van der Waals surface area (Å²) in [6.45, 7) is 0.633. The molecule has 0 aromatic heterocycles. The lowest BCUT2D eigenvalue weighted by atomic mass is 10.0. The summed E-state index contributed by atoms with van der Waals surface area (Å²) in [6, 6.07) is 5.46. The molecule has 0 bridgehead atoms. The highest BCUT2D eigenvalue weighted by molar-refractivity contribution is 7.80. The second-order valence-corrected chi connectivity index (χ2v) is 5.69. The van der Waals surface area contributed by atoms with Gasteiger partial charge in [0.2, 0.25) is 11.8 Å². The number of carbonyl (C=O) groups is 2. The van der Waals surface area contributed by atoms with Gasteiger partial charge in [-0.15, -0.1) is 0 Å². The summed E-state index contributed by atoms with van der Waals surface area (Å²) in [5, 5.41) is 11.4. The fourth-order valence-corrected chi connectivity index (χ4v) is 3.35. The number of amides is 2. The molecule has 2 aliphatic rings. The predicted molar refractivity (Wildman–Crippen MR) is 75.8 cm³/mol. The number of aliphatic hydroxyl groups excluding tert-OH is 1. The second-order valence-electron chi connectivity index (χ2n) is 5.20. The summed E-state index contributed by atoms with van der Waals surface area (Å²) >= 11 is 4.61. The molecule has 6 heteroatoms. The highest BCUT2D eigenvalue weighted by atomic mass is 32.1. The standard InChI is InChI=1S/C14H16N2O3S/c17-7-8-1-2-9-6-16(14(20)10(9)5-8)11-3-4-12(18)15-13(11)19/h1-2,5,11,14,17,20H,3-4,6-7H2,(H,15,18,19). The van der Waals surface area contributed by atoms with E-state index < -0.39 is 0 Å².